The molecule has 0 aliphatic rings. The maximum Gasteiger partial charge on any atom is 0.207 e. The van der Waals surface area contributed by atoms with Gasteiger partial charge >= 0.3 is 0 Å². The predicted molar refractivity (Wildman–Crippen MR) is 67.1 cm³/mol. The summed E-state index contributed by atoms with van der Waals surface area (Å²) in [5.74, 6) is -11.5. The average molecular weight is 319 g/mol. The minimum atomic E-state index is -1.82. The molecule has 0 aliphatic carbocycles. The van der Waals surface area contributed by atoms with Gasteiger partial charge in [0, 0.05) is 5.56 Å². The van der Waals surface area contributed by atoms with E-state index in [1.165, 1.54) is 0 Å². The molecule has 8 heteroatoms. The number of rotatable bonds is 2. The van der Waals surface area contributed by atoms with Gasteiger partial charge in [-0.1, -0.05) is 0 Å². The average Bonchev–Trinajstić information content (AvgIpc) is 2.48. The van der Waals surface area contributed by atoms with Crippen molar-refractivity contribution in [2.45, 2.75) is 13.8 Å². The lowest BCUT2D eigenvalue weighted by atomic mass is 9.62. The summed E-state index contributed by atoms with van der Waals surface area (Å²) in [5.41, 5.74) is -3.75. The summed E-state index contributed by atoms with van der Waals surface area (Å²) >= 11 is 0. The first-order valence-corrected chi connectivity index (χ1v) is 5.98. The highest BCUT2D eigenvalue weighted by Crippen LogP contribution is 2.17. The van der Waals surface area contributed by atoms with Gasteiger partial charge in [0.25, 0.3) is 0 Å². The van der Waals surface area contributed by atoms with Gasteiger partial charge in [-0.15, -0.1) is 0 Å². The zero-order chi connectivity index (χ0) is 16.8. The van der Waals surface area contributed by atoms with Gasteiger partial charge < -0.3 is 0 Å². The normalized spacial score (nSPS) is 11.0. The minimum absolute atomic E-state index is 0.184. The minimum Gasteiger partial charge on any atom is -0.207 e. The van der Waals surface area contributed by atoms with Crippen LogP contribution in [0.2, 0.25) is 0 Å². The van der Waals surface area contributed by atoms with Gasteiger partial charge in [0.05, 0.1) is 0 Å². The summed E-state index contributed by atoms with van der Waals surface area (Å²) in [5, 5.41) is 0. The van der Waals surface area contributed by atoms with Crippen molar-refractivity contribution in [1.82, 2.24) is 0 Å². The van der Waals surface area contributed by atoms with Gasteiger partial charge in [-0.2, -0.15) is 0 Å². The summed E-state index contributed by atoms with van der Waals surface area (Å²) in [6.45, 7) is 1.88. The van der Waals surface area contributed by atoms with E-state index in [1.54, 1.807) is 0 Å². The standard InChI is InChI=1S/C14H7BF7/c1-4-3-6(16)7(12(20)9(4)17)15-8-13(21)10(18)5(2)11(19)14(8)22/h3H,1-2H3. The van der Waals surface area contributed by atoms with E-state index in [9.17, 15) is 30.7 Å². The van der Waals surface area contributed by atoms with Crippen LogP contribution in [0.15, 0.2) is 6.07 Å². The summed E-state index contributed by atoms with van der Waals surface area (Å²) in [7, 11) is 0.184. The number of hydrogen-bond donors (Lipinski definition) is 0. The molecule has 2 aromatic rings. The Kier molecular flexibility index (Phi) is 4.22. The molecule has 115 valence electrons. The summed E-state index contributed by atoms with van der Waals surface area (Å²) in [6.07, 6.45) is 0. The highest BCUT2D eigenvalue weighted by Gasteiger charge is 2.26. The zero-order valence-corrected chi connectivity index (χ0v) is 11.3. The van der Waals surface area contributed by atoms with Crippen molar-refractivity contribution >= 4 is 18.2 Å². The molecule has 0 unspecified atom stereocenters. The summed E-state index contributed by atoms with van der Waals surface area (Å²) < 4.78 is 94.9. The third kappa shape index (κ3) is 2.46. The first-order chi connectivity index (χ1) is 10.2. The largest absolute Gasteiger partial charge is 0.207 e. The zero-order valence-electron chi connectivity index (χ0n) is 11.3. The molecule has 0 saturated carbocycles. The fraction of sp³-hybridized carbons (Fsp3) is 0.143. The van der Waals surface area contributed by atoms with Crippen LogP contribution in [-0.4, -0.2) is 7.28 Å². The molecule has 0 aliphatic heterocycles. The van der Waals surface area contributed by atoms with Crippen LogP contribution in [0.5, 0.6) is 0 Å². The van der Waals surface area contributed by atoms with E-state index in [4.69, 9.17) is 0 Å². The van der Waals surface area contributed by atoms with Gasteiger partial charge in [-0.25, -0.2) is 30.7 Å². The molecule has 22 heavy (non-hydrogen) atoms. The Bertz CT molecular complexity index is 742. The smallest absolute Gasteiger partial charge is 0.207 e. The Morgan fingerprint density at radius 1 is 0.636 bits per heavy atom. The Morgan fingerprint density at radius 3 is 1.59 bits per heavy atom. The van der Waals surface area contributed by atoms with Gasteiger partial charge in [0.1, 0.15) is 5.82 Å². The number of benzene rings is 2. The molecule has 2 aromatic carbocycles. The molecule has 2 rings (SSSR count). The number of halogens is 7. The third-order valence-corrected chi connectivity index (χ3v) is 3.18. The SMILES string of the molecule is Cc1cc(F)c([B]c2c(F)c(F)c(C)c(F)c2F)c(F)c1F. The third-order valence-electron chi connectivity index (χ3n) is 3.18. The van der Waals surface area contributed by atoms with E-state index in [-0.39, 0.29) is 12.8 Å². The molecule has 0 fully saturated rings. The van der Waals surface area contributed by atoms with Crippen molar-refractivity contribution in [3.8, 4) is 0 Å². The predicted octanol–water partition coefficient (Wildman–Crippen LogP) is 2.93. The second kappa shape index (κ2) is 5.66. The fourth-order valence-electron chi connectivity index (χ4n) is 1.89. The van der Waals surface area contributed by atoms with Gasteiger partial charge in [0.15, 0.2) is 34.9 Å². The first kappa shape index (κ1) is 16.4. The molecule has 0 aromatic heterocycles. The van der Waals surface area contributed by atoms with E-state index in [2.05, 4.69) is 0 Å². The second-order valence-electron chi connectivity index (χ2n) is 4.66. The molecule has 0 heterocycles. The van der Waals surface area contributed by atoms with Crippen molar-refractivity contribution in [2.75, 3.05) is 0 Å². The van der Waals surface area contributed by atoms with Crippen LogP contribution < -0.4 is 10.9 Å². The lowest BCUT2D eigenvalue weighted by Crippen LogP contribution is -2.38. The quantitative estimate of drug-likeness (QED) is 0.454. The highest BCUT2D eigenvalue weighted by molar-refractivity contribution is 6.67. The lowest BCUT2D eigenvalue weighted by Gasteiger charge is -2.11. The van der Waals surface area contributed by atoms with Gasteiger partial charge in [-0.05, 0) is 36.4 Å². The Labute approximate surface area is 121 Å². The highest BCUT2D eigenvalue weighted by atomic mass is 19.2. The Hall–Kier alpha value is -1.99. The Morgan fingerprint density at radius 2 is 1.09 bits per heavy atom. The van der Waals surface area contributed by atoms with Crippen molar-refractivity contribution in [3.05, 3.63) is 57.9 Å². The molecule has 1 radical (unpaired) electrons. The van der Waals surface area contributed by atoms with Crippen LogP contribution in [0.3, 0.4) is 0 Å². The van der Waals surface area contributed by atoms with E-state index in [0.717, 1.165) is 13.8 Å². The van der Waals surface area contributed by atoms with E-state index in [0.29, 0.717) is 6.07 Å². The lowest BCUT2D eigenvalue weighted by molar-refractivity contribution is 0.454. The van der Waals surface area contributed by atoms with Crippen LogP contribution in [0.1, 0.15) is 11.1 Å². The van der Waals surface area contributed by atoms with Crippen LogP contribution in [0.25, 0.3) is 0 Å². The van der Waals surface area contributed by atoms with Crippen LogP contribution >= 0.6 is 0 Å². The number of hydrogen-bond acceptors (Lipinski definition) is 0. The maximum atomic E-state index is 13.7. The topological polar surface area (TPSA) is 0 Å². The maximum absolute atomic E-state index is 13.7. The van der Waals surface area contributed by atoms with E-state index in [1.807, 2.05) is 0 Å². The molecular weight excluding hydrogens is 312 g/mol. The van der Waals surface area contributed by atoms with Crippen molar-refractivity contribution in [1.29, 1.82) is 0 Å². The molecular formula is C14H7BF7. The fourth-order valence-corrected chi connectivity index (χ4v) is 1.89. The summed E-state index contributed by atoms with van der Waals surface area (Å²) in [4.78, 5) is 0. The van der Waals surface area contributed by atoms with Crippen LogP contribution in [0.4, 0.5) is 30.7 Å². The van der Waals surface area contributed by atoms with Crippen molar-refractivity contribution in [2.24, 2.45) is 0 Å². The molecule has 0 bridgehead atoms. The second-order valence-corrected chi connectivity index (χ2v) is 4.66. The first-order valence-electron chi connectivity index (χ1n) is 5.98. The Balaban J connectivity index is 2.66. The van der Waals surface area contributed by atoms with Gasteiger partial charge in [0.2, 0.25) is 7.28 Å². The molecule has 0 nitrogen and oxygen atoms in total. The molecule has 0 amide bonds. The molecule has 0 spiro atoms. The molecule has 0 N–H and O–H groups in total. The monoisotopic (exact) mass is 319 g/mol. The summed E-state index contributed by atoms with van der Waals surface area (Å²) in [6, 6.07) is 0.598. The van der Waals surface area contributed by atoms with E-state index < -0.39 is 57.2 Å². The molecule has 0 saturated heterocycles. The van der Waals surface area contributed by atoms with Crippen molar-refractivity contribution < 1.29 is 30.7 Å². The van der Waals surface area contributed by atoms with Crippen molar-refractivity contribution in [3.63, 3.8) is 0 Å². The van der Waals surface area contributed by atoms with Crippen LogP contribution in [0, 0.1) is 54.6 Å². The van der Waals surface area contributed by atoms with Gasteiger partial charge in [-0.3, -0.25) is 0 Å². The van der Waals surface area contributed by atoms with Crippen LogP contribution in [-0.2, 0) is 0 Å². The molecule has 0 atom stereocenters. The number of aryl methyl sites for hydroxylation is 1. The van der Waals surface area contributed by atoms with E-state index >= 15 is 0 Å².